The van der Waals surface area contributed by atoms with Crippen molar-refractivity contribution in [3.63, 3.8) is 0 Å². The minimum absolute atomic E-state index is 0.445. The Bertz CT molecular complexity index is 372. The standard InChI is InChI=1S/C12H17N3S/c13-12(16)10-6-2-3-7-11(10)14-15-8-4-1-5-9-15/h2-3,6-7,14H,1,4-5,8-9H2,(H2,13,16). The predicted octanol–water partition coefficient (Wildman–Crippen LogP) is 2.13. The first-order valence-electron chi connectivity index (χ1n) is 5.68. The molecule has 0 radical (unpaired) electrons. The van der Waals surface area contributed by atoms with E-state index in [0.717, 1.165) is 24.3 Å². The molecule has 1 aliphatic heterocycles. The van der Waals surface area contributed by atoms with Gasteiger partial charge in [0.1, 0.15) is 4.99 Å². The molecule has 1 aromatic carbocycles. The zero-order valence-electron chi connectivity index (χ0n) is 9.28. The van der Waals surface area contributed by atoms with Gasteiger partial charge in [0.15, 0.2) is 0 Å². The smallest absolute Gasteiger partial charge is 0.106 e. The van der Waals surface area contributed by atoms with Crippen LogP contribution in [-0.4, -0.2) is 23.1 Å². The summed E-state index contributed by atoms with van der Waals surface area (Å²) in [6.07, 6.45) is 3.83. The van der Waals surface area contributed by atoms with Gasteiger partial charge in [-0.2, -0.15) is 0 Å². The molecule has 1 aromatic rings. The summed E-state index contributed by atoms with van der Waals surface area (Å²) < 4.78 is 0. The number of piperidine rings is 1. The Kier molecular flexibility index (Phi) is 3.74. The van der Waals surface area contributed by atoms with Crippen LogP contribution in [0, 0.1) is 0 Å². The van der Waals surface area contributed by atoms with Crippen molar-refractivity contribution in [3.05, 3.63) is 29.8 Å². The molecule has 1 fully saturated rings. The summed E-state index contributed by atoms with van der Waals surface area (Å²) in [6.45, 7) is 2.18. The molecule has 0 aromatic heterocycles. The molecule has 0 amide bonds. The SMILES string of the molecule is NC(=S)c1ccccc1NN1CCCCC1. The minimum atomic E-state index is 0.445. The molecule has 1 heterocycles. The van der Waals surface area contributed by atoms with E-state index in [1.54, 1.807) is 0 Å². The molecule has 3 nitrogen and oxygen atoms in total. The summed E-state index contributed by atoms with van der Waals surface area (Å²) in [4.78, 5) is 0.445. The fourth-order valence-corrected chi connectivity index (χ4v) is 2.15. The van der Waals surface area contributed by atoms with Gasteiger partial charge in [0.05, 0.1) is 5.69 Å². The molecular formula is C12H17N3S. The molecule has 1 aliphatic rings. The van der Waals surface area contributed by atoms with Gasteiger partial charge in [0.25, 0.3) is 0 Å². The van der Waals surface area contributed by atoms with Gasteiger partial charge in [-0.1, -0.05) is 30.8 Å². The Hall–Kier alpha value is -1.13. The van der Waals surface area contributed by atoms with E-state index < -0.39 is 0 Å². The average Bonchev–Trinajstić information content (AvgIpc) is 2.31. The van der Waals surface area contributed by atoms with Crippen molar-refractivity contribution >= 4 is 22.9 Å². The molecule has 3 N–H and O–H groups in total. The molecule has 0 saturated carbocycles. The number of nitrogens with two attached hydrogens (primary N) is 1. The van der Waals surface area contributed by atoms with Crippen LogP contribution < -0.4 is 11.2 Å². The lowest BCUT2D eigenvalue weighted by Crippen LogP contribution is -2.35. The predicted molar refractivity (Wildman–Crippen MR) is 71.4 cm³/mol. The van der Waals surface area contributed by atoms with E-state index in [-0.39, 0.29) is 0 Å². The van der Waals surface area contributed by atoms with Crippen molar-refractivity contribution in [2.75, 3.05) is 18.5 Å². The molecule has 2 rings (SSSR count). The van der Waals surface area contributed by atoms with Crippen molar-refractivity contribution in [3.8, 4) is 0 Å². The molecule has 1 saturated heterocycles. The molecule has 0 spiro atoms. The second kappa shape index (κ2) is 5.27. The Morgan fingerprint density at radius 2 is 1.88 bits per heavy atom. The average molecular weight is 235 g/mol. The van der Waals surface area contributed by atoms with Crippen LogP contribution >= 0.6 is 12.2 Å². The highest BCUT2D eigenvalue weighted by atomic mass is 32.1. The lowest BCUT2D eigenvalue weighted by molar-refractivity contribution is 0.273. The first-order chi connectivity index (χ1) is 7.77. The van der Waals surface area contributed by atoms with E-state index in [1.807, 2.05) is 24.3 Å². The van der Waals surface area contributed by atoms with Gasteiger partial charge >= 0.3 is 0 Å². The van der Waals surface area contributed by atoms with Crippen molar-refractivity contribution in [2.45, 2.75) is 19.3 Å². The van der Waals surface area contributed by atoms with Gasteiger partial charge in [-0.3, -0.25) is 0 Å². The van der Waals surface area contributed by atoms with E-state index in [4.69, 9.17) is 18.0 Å². The lowest BCUT2D eigenvalue weighted by atomic mass is 10.1. The molecular weight excluding hydrogens is 218 g/mol. The number of rotatable bonds is 3. The zero-order chi connectivity index (χ0) is 11.4. The van der Waals surface area contributed by atoms with Crippen LogP contribution in [0.15, 0.2) is 24.3 Å². The molecule has 16 heavy (non-hydrogen) atoms. The third-order valence-corrected chi connectivity index (χ3v) is 3.05. The number of hydrogen-bond donors (Lipinski definition) is 2. The van der Waals surface area contributed by atoms with Gasteiger partial charge in [0.2, 0.25) is 0 Å². The number of hydrogen-bond acceptors (Lipinski definition) is 3. The van der Waals surface area contributed by atoms with Crippen LogP contribution in [0.5, 0.6) is 0 Å². The van der Waals surface area contributed by atoms with Crippen LogP contribution in [0.1, 0.15) is 24.8 Å². The normalized spacial score (nSPS) is 17.0. The minimum Gasteiger partial charge on any atom is -0.389 e. The first-order valence-corrected chi connectivity index (χ1v) is 6.08. The quantitative estimate of drug-likeness (QED) is 0.788. The van der Waals surface area contributed by atoms with Gasteiger partial charge < -0.3 is 11.2 Å². The summed E-state index contributed by atoms with van der Waals surface area (Å²) in [5, 5.41) is 2.24. The lowest BCUT2D eigenvalue weighted by Gasteiger charge is -2.28. The van der Waals surface area contributed by atoms with Gasteiger partial charge in [-0.25, -0.2) is 5.01 Å². The van der Waals surface area contributed by atoms with E-state index >= 15 is 0 Å². The monoisotopic (exact) mass is 235 g/mol. The second-order valence-corrected chi connectivity index (χ2v) is 4.51. The number of hydrazine groups is 1. The number of nitrogens with zero attached hydrogens (tertiary/aromatic N) is 1. The van der Waals surface area contributed by atoms with E-state index in [9.17, 15) is 0 Å². The summed E-state index contributed by atoms with van der Waals surface area (Å²) in [6, 6.07) is 7.92. The van der Waals surface area contributed by atoms with Crippen LogP contribution in [0.4, 0.5) is 5.69 Å². The van der Waals surface area contributed by atoms with Crippen LogP contribution in [-0.2, 0) is 0 Å². The molecule has 0 bridgehead atoms. The van der Waals surface area contributed by atoms with E-state index in [0.29, 0.717) is 4.99 Å². The van der Waals surface area contributed by atoms with Crippen molar-refractivity contribution in [2.24, 2.45) is 5.73 Å². The zero-order valence-corrected chi connectivity index (χ0v) is 10.1. The van der Waals surface area contributed by atoms with E-state index in [1.165, 1.54) is 19.3 Å². The second-order valence-electron chi connectivity index (χ2n) is 4.07. The molecule has 4 heteroatoms. The van der Waals surface area contributed by atoms with Crippen molar-refractivity contribution in [1.29, 1.82) is 0 Å². The highest BCUT2D eigenvalue weighted by molar-refractivity contribution is 7.80. The summed E-state index contributed by atoms with van der Waals surface area (Å²) >= 11 is 5.04. The fraction of sp³-hybridized carbons (Fsp3) is 0.417. The topological polar surface area (TPSA) is 41.3 Å². The first kappa shape index (κ1) is 11.4. The number of benzene rings is 1. The Balaban J connectivity index is 2.10. The Morgan fingerprint density at radius 3 is 2.56 bits per heavy atom. The fourth-order valence-electron chi connectivity index (χ4n) is 1.97. The molecule has 0 aliphatic carbocycles. The number of para-hydroxylation sites is 1. The number of anilines is 1. The van der Waals surface area contributed by atoms with E-state index in [2.05, 4.69) is 10.4 Å². The summed E-state index contributed by atoms with van der Waals surface area (Å²) in [5.41, 5.74) is 11.0. The van der Waals surface area contributed by atoms with Gasteiger partial charge in [-0.05, 0) is 25.0 Å². The maximum absolute atomic E-state index is 5.69. The third-order valence-electron chi connectivity index (χ3n) is 2.83. The maximum atomic E-state index is 5.69. The summed E-state index contributed by atoms with van der Waals surface area (Å²) in [5.74, 6) is 0. The molecule has 86 valence electrons. The third kappa shape index (κ3) is 2.71. The Morgan fingerprint density at radius 1 is 1.19 bits per heavy atom. The number of nitrogens with one attached hydrogen (secondary N) is 1. The highest BCUT2D eigenvalue weighted by Gasteiger charge is 2.11. The Labute approximate surface area is 102 Å². The number of thiocarbonyl (C=S) groups is 1. The van der Waals surface area contributed by atoms with Crippen molar-refractivity contribution in [1.82, 2.24) is 5.01 Å². The maximum Gasteiger partial charge on any atom is 0.106 e. The van der Waals surface area contributed by atoms with Crippen LogP contribution in [0.2, 0.25) is 0 Å². The molecule has 0 unspecified atom stereocenters. The van der Waals surface area contributed by atoms with Gasteiger partial charge in [-0.15, -0.1) is 0 Å². The van der Waals surface area contributed by atoms with Crippen molar-refractivity contribution < 1.29 is 0 Å². The van der Waals surface area contributed by atoms with Crippen LogP contribution in [0.3, 0.4) is 0 Å². The largest absolute Gasteiger partial charge is 0.389 e. The molecule has 0 atom stereocenters. The van der Waals surface area contributed by atoms with Crippen LogP contribution in [0.25, 0.3) is 0 Å². The van der Waals surface area contributed by atoms with Gasteiger partial charge in [0, 0.05) is 18.7 Å². The summed E-state index contributed by atoms with van der Waals surface area (Å²) in [7, 11) is 0. The highest BCUT2D eigenvalue weighted by Crippen LogP contribution is 2.17.